The van der Waals surface area contributed by atoms with Crippen molar-refractivity contribution < 1.29 is 0 Å². The maximum atomic E-state index is 3.76. The lowest BCUT2D eigenvalue weighted by atomic mass is 9.84. The Kier molecular flexibility index (Phi) is 2.96. The fourth-order valence-corrected chi connectivity index (χ4v) is 2.90. The molecule has 1 aromatic rings. The van der Waals surface area contributed by atoms with Crippen LogP contribution in [0.15, 0.2) is 24.3 Å². The van der Waals surface area contributed by atoms with Crippen molar-refractivity contribution in [2.24, 2.45) is 5.92 Å². The van der Waals surface area contributed by atoms with E-state index in [-0.39, 0.29) is 0 Å². The Hall–Kier alpha value is -0.820. The minimum absolute atomic E-state index is 0.732. The van der Waals surface area contributed by atoms with E-state index in [9.17, 15) is 0 Å². The minimum atomic E-state index is 0.732. The summed E-state index contributed by atoms with van der Waals surface area (Å²) >= 11 is 0. The van der Waals surface area contributed by atoms with E-state index in [4.69, 9.17) is 0 Å². The molecule has 1 aromatic carbocycles. The fraction of sp³-hybridized carbons (Fsp3) is 0.600. The van der Waals surface area contributed by atoms with E-state index in [1.165, 1.54) is 45.1 Å². The Morgan fingerprint density at radius 3 is 2.62 bits per heavy atom. The van der Waals surface area contributed by atoms with Gasteiger partial charge in [0.15, 0.2) is 0 Å². The summed E-state index contributed by atoms with van der Waals surface area (Å²) in [4.78, 5) is 0. The van der Waals surface area contributed by atoms with Crippen molar-refractivity contribution in [2.75, 3.05) is 6.54 Å². The maximum absolute atomic E-state index is 3.76. The lowest BCUT2D eigenvalue weighted by Crippen LogP contribution is -2.39. The van der Waals surface area contributed by atoms with Gasteiger partial charge in [-0.05, 0) is 55.7 Å². The zero-order valence-electron chi connectivity index (χ0n) is 9.91. The second-order valence-corrected chi connectivity index (χ2v) is 5.41. The minimum Gasteiger partial charge on any atom is -0.313 e. The van der Waals surface area contributed by atoms with E-state index in [1.807, 2.05) is 0 Å². The van der Waals surface area contributed by atoms with Gasteiger partial charge in [0.2, 0.25) is 0 Å². The molecule has 2 aliphatic rings. The van der Waals surface area contributed by atoms with Crippen LogP contribution in [0.25, 0.3) is 0 Å². The number of fused-ring (bicyclic) bond motifs is 1. The third-order valence-electron chi connectivity index (χ3n) is 4.27. The first kappa shape index (κ1) is 10.3. The molecule has 1 heteroatoms. The Labute approximate surface area is 98.3 Å². The van der Waals surface area contributed by atoms with E-state index >= 15 is 0 Å². The molecule has 86 valence electrons. The second kappa shape index (κ2) is 4.58. The van der Waals surface area contributed by atoms with Gasteiger partial charge in [-0.15, -0.1) is 0 Å². The molecule has 1 atom stereocenters. The topological polar surface area (TPSA) is 12.0 Å². The quantitative estimate of drug-likeness (QED) is 0.817. The largest absolute Gasteiger partial charge is 0.313 e. The van der Waals surface area contributed by atoms with E-state index in [0.29, 0.717) is 0 Å². The second-order valence-electron chi connectivity index (χ2n) is 5.41. The first-order valence-corrected chi connectivity index (χ1v) is 6.72. The smallest absolute Gasteiger partial charge is 0.0111 e. The molecular weight excluding hydrogens is 194 g/mol. The molecule has 0 bridgehead atoms. The molecule has 0 saturated heterocycles. The summed E-state index contributed by atoms with van der Waals surface area (Å²) in [5, 5.41) is 3.76. The predicted octanol–water partition coefficient (Wildman–Crippen LogP) is 2.93. The van der Waals surface area contributed by atoms with Crippen molar-refractivity contribution in [1.29, 1.82) is 0 Å². The summed E-state index contributed by atoms with van der Waals surface area (Å²) in [6.07, 6.45) is 8.19. The van der Waals surface area contributed by atoms with Crippen molar-refractivity contribution in [3.05, 3.63) is 35.4 Å². The van der Waals surface area contributed by atoms with Crippen LogP contribution in [-0.4, -0.2) is 12.6 Å². The van der Waals surface area contributed by atoms with Crippen LogP contribution in [0.1, 0.15) is 36.8 Å². The average Bonchev–Trinajstić information content (AvgIpc) is 2.27. The number of aryl methyl sites for hydroxylation is 1. The molecule has 0 aliphatic heterocycles. The van der Waals surface area contributed by atoms with Gasteiger partial charge in [-0.3, -0.25) is 0 Å². The Morgan fingerprint density at radius 2 is 1.88 bits per heavy atom. The molecule has 1 fully saturated rings. The summed E-state index contributed by atoms with van der Waals surface area (Å²) in [6.45, 7) is 1.26. The van der Waals surface area contributed by atoms with E-state index in [0.717, 1.165) is 12.0 Å². The summed E-state index contributed by atoms with van der Waals surface area (Å²) in [5.74, 6) is 0.983. The highest BCUT2D eigenvalue weighted by atomic mass is 14.9. The van der Waals surface area contributed by atoms with Gasteiger partial charge in [0.1, 0.15) is 0 Å². The number of hydrogen-bond donors (Lipinski definition) is 1. The third kappa shape index (κ3) is 2.15. The number of benzene rings is 1. The van der Waals surface area contributed by atoms with Crippen molar-refractivity contribution in [3.63, 3.8) is 0 Å². The summed E-state index contributed by atoms with van der Waals surface area (Å²) in [6, 6.07) is 9.66. The Balaban J connectivity index is 1.55. The van der Waals surface area contributed by atoms with E-state index in [2.05, 4.69) is 29.6 Å². The number of hydrogen-bond acceptors (Lipinski definition) is 1. The zero-order chi connectivity index (χ0) is 10.8. The summed E-state index contributed by atoms with van der Waals surface area (Å²) in [7, 11) is 0. The summed E-state index contributed by atoms with van der Waals surface area (Å²) in [5.41, 5.74) is 3.14. The fourth-order valence-electron chi connectivity index (χ4n) is 2.90. The molecule has 0 spiro atoms. The van der Waals surface area contributed by atoms with Gasteiger partial charge in [0, 0.05) is 6.04 Å². The van der Waals surface area contributed by atoms with Crippen LogP contribution in [-0.2, 0) is 12.8 Å². The maximum Gasteiger partial charge on any atom is 0.0111 e. The lowest BCUT2D eigenvalue weighted by molar-refractivity contribution is 0.283. The molecule has 1 unspecified atom stereocenters. The van der Waals surface area contributed by atoms with E-state index in [1.54, 1.807) is 11.1 Å². The first-order chi connectivity index (χ1) is 7.92. The molecule has 0 radical (unpaired) electrons. The van der Waals surface area contributed by atoms with Crippen LogP contribution in [0.3, 0.4) is 0 Å². The third-order valence-corrected chi connectivity index (χ3v) is 4.27. The number of rotatable bonds is 3. The normalized spacial score (nSPS) is 24.9. The van der Waals surface area contributed by atoms with Gasteiger partial charge >= 0.3 is 0 Å². The molecule has 3 rings (SSSR count). The lowest BCUT2D eigenvalue weighted by Gasteiger charge is -2.30. The highest BCUT2D eigenvalue weighted by Crippen LogP contribution is 2.26. The standard InChI is InChI=1S/C15H21N/c1-2-7-14-10-15(9-8-13(14)6-1)16-11-12-4-3-5-12/h1-2,6-7,12,15-16H,3-5,8-11H2. The van der Waals surface area contributed by atoms with Crippen LogP contribution >= 0.6 is 0 Å². The van der Waals surface area contributed by atoms with Crippen LogP contribution < -0.4 is 5.32 Å². The zero-order valence-corrected chi connectivity index (χ0v) is 9.91. The van der Waals surface area contributed by atoms with Gasteiger partial charge < -0.3 is 5.32 Å². The monoisotopic (exact) mass is 215 g/mol. The predicted molar refractivity (Wildman–Crippen MR) is 67.6 cm³/mol. The van der Waals surface area contributed by atoms with Gasteiger partial charge in [0.25, 0.3) is 0 Å². The molecule has 2 aliphatic carbocycles. The SMILES string of the molecule is c1ccc2c(c1)CCC(NCC1CCC1)C2. The van der Waals surface area contributed by atoms with Gasteiger partial charge in [-0.25, -0.2) is 0 Å². The van der Waals surface area contributed by atoms with Gasteiger partial charge in [-0.2, -0.15) is 0 Å². The van der Waals surface area contributed by atoms with Crippen LogP contribution in [0.4, 0.5) is 0 Å². The molecule has 16 heavy (non-hydrogen) atoms. The molecule has 1 saturated carbocycles. The molecule has 0 aromatic heterocycles. The van der Waals surface area contributed by atoms with Crippen molar-refractivity contribution in [1.82, 2.24) is 5.32 Å². The van der Waals surface area contributed by atoms with E-state index < -0.39 is 0 Å². The van der Waals surface area contributed by atoms with Gasteiger partial charge in [0.05, 0.1) is 0 Å². The van der Waals surface area contributed by atoms with Crippen molar-refractivity contribution >= 4 is 0 Å². The number of nitrogens with one attached hydrogen (secondary N) is 1. The van der Waals surface area contributed by atoms with Crippen molar-refractivity contribution in [3.8, 4) is 0 Å². The molecule has 0 heterocycles. The van der Waals surface area contributed by atoms with Crippen LogP contribution in [0.5, 0.6) is 0 Å². The molecule has 0 amide bonds. The van der Waals surface area contributed by atoms with Crippen LogP contribution in [0, 0.1) is 5.92 Å². The highest BCUT2D eigenvalue weighted by molar-refractivity contribution is 5.30. The Morgan fingerprint density at radius 1 is 1.06 bits per heavy atom. The Bertz CT molecular complexity index is 354. The molecule has 1 N–H and O–H groups in total. The van der Waals surface area contributed by atoms with Crippen LogP contribution in [0.2, 0.25) is 0 Å². The average molecular weight is 215 g/mol. The first-order valence-electron chi connectivity index (χ1n) is 6.72. The highest BCUT2D eigenvalue weighted by Gasteiger charge is 2.21. The molecular formula is C15H21N. The van der Waals surface area contributed by atoms with Crippen molar-refractivity contribution in [2.45, 2.75) is 44.6 Å². The van der Waals surface area contributed by atoms with Gasteiger partial charge in [-0.1, -0.05) is 30.7 Å². The molecule has 1 nitrogen and oxygen atoms in total. The summed E-state index contributed by atoms with van der Waals surface area (Å²) < 4.78 is 0.